The summed E-state index contributed by atoms with van der Waals surface area (Å²) in [4.78, 5) is 18.1. The molecule has 5 rings (SSSR count). The zero-order valence-electron chi connectivity index (χ0n) is 16.0. The molecule has 140 valence electrons. The maximum Gasteiger partial charge on any atom is 0.256 e. The van der Waals surface area contributed by atoms with Crippen LogP contribution >= 0.6 is 0 Å². The second-order valence-electron chi connectivity index (χ2n) is 7.77. The van der Waals surface area contributed by atoms with Crippen molar-refractivity contribution in [3.8, 4) is 0 Å². The van der Waals surface area contributed by atoms with Gasteiger partial charge < -0.3 is 5.32 Å². The van der Waals surface area contributed by atoms with E-state index in [-0.39, 0.29) is 11.9 Å². The van der Waals surface area contributed by atoms with Gasteiger partial charge in [0.1, 0.15) is 0 Å². The van der Waals surface area contributed by atoms with Crippen LogP contribution in [0.25, 0.3) is 21.8 Å². The van der Waals surface area contributed by atoms with Crippen molar-refractivity contribution in [2.24, 2.45) is 0 Å². The molecule has 0 saturated heterocycles. The van der Waals surface area contributed by atoms with Gasteiger partial charge in [0.15, 0.2) is 5.65 Å². The van der Waals surface area contributed by atoms with Crippen molar-refractivity contribution in [2.45, 2.75) is 38.6 Å². The molecule has 2 heterocycles. The average molecular weight is 370 g/mol. The number of rotatable bonds is 4. The van der Waals surface area contributed by atoms with Crippen LogP contribution in [0.5, 0.6) is 0 Å². The predicted octanol–water partition coefficient (Wildman–Crippen LogP) is 5.30. The monoisotopic (exact) mass is 370 g/mol. The van der Waals surface area contributed by atoms with Crippen molar-refractivity contribution >= 4 is 33.4 Å². The lowest BCUT2D eigenvalue weighted by Gasteiger charge is -2.12. The van der Waals surface area contributed by atoms with Gasteiger partial charge in [-0.1, -0.05) is 36.4 Å². The van der Waals surface area contributed by atoms with Crippen LogP contribution in [0.2, 0.25) is 0 Å². The minimum atomic E-state index is -0.117. The molecule has 1 N–H and O–H groups in total. The summed E-state index contributed by atoms with van der Waals surface area (Å²) in [5.41, 5.74) is 3.25. The third kappa shape index (κ3) is 2.83. The van der Waals surface area contributed by atoms with E-state index in [1.807, 2.05) is 53.2 Å². The molecule has 2 aromatic heterocycles. The zero-order chi connectivity index (χ0) is 19.3. The molecule has 0 unspecified atom stereocenters. The molecular formula is C23H22N4O. The normalized spacial score (nSPS) is 14.1. The molecule has 4 aromatic rings. The highest BCUT2D eigenvalue weighted by atomic mass is 16.1. The Bertz CT molecular complexity index is 1200. The molecule has 0 spiro atoms. The Morgan fingerprint density at radius 2 is 1.89 bits per heavy atom. The van der Waals surface area contributed by atoms with Gasteiger partial charge in [-0.2, -0.15) is 5.10 Å². The van der Waals surface area contributed by atoms with Crippen molar-refractivity contribution in [2.75, 3.05) is 5.32 Å². The highest BCUT2D eigenvalue weighted by molar-refractivity contribution is 6.14. The van der Waals surface area contributed by atoms with E-state index in [0.717, 1.165) is 46.0 Å². The highest BCUT2D eigenvalue weighted by Crippen LogP contribution is 2.40. The van der Waals surface area contributed by atoms with E-state index in [0.29, 0.717) is 11.5 Å². The Labute approximate surface area is 163 Å². The molecule has 0 aliphatic heterocycles. The van der Waals surface area contributed by atoms with E-state index in [2.05, 4.69) is 24.3 Å². The fourth-order valence-electron chi connectivity index (χ4n) is 3.72. The minimum Gasteiger partial charge on any atom is -0.321 e. The number of hydrogen-bond donors (Lipinski definition) is 1. The quantitative estimate of drug-likeness (QED) is 0.531. The molecule has 5 nitrogen and oxygen atoms in total. The van der Waals surface area contributed by atoms with Gasteiger partial charge in [-0.15, -0.1) is 0 Å². The minimum absolute atomic E-state index is 0.117. The molecule has 0 bridgehead atoms. The van der Waals surface area contributed by atoms with Crippen LogP contribution in [0.3, 0.4) is 0 Å². The number of fused-ring (bicyclic) bond motifs is 2. The fourth-order valence-corrected chi connectivity index (χ4v) is 3.72. The molecule has 5 heteroatoms. The second kappa shape index (κ2) is 6.44. The van der Waals surface area contributed by atoms with Crippen molar-refractivity contribution in [3.63, 3.8) is 0 Å². The van der Waals surface area contributed by atoms with Gasteiger partial charge in [0.05, 0.1) is 17.1 Å². The molecule has 1 aliphatic rings. The number of carbonyl (C=O) groups is 1. The van der Waals surface area contributed by atoms with E-state index < -0.39 is 0 Å². The lowest BCUT2D eigenvalue weighted by molar-refractivity contribution is 0.102. The summed E-state index contributed by atoms with van der Waals surface area (Å²) in [6, 6.07) is 16.2. The number of hydrogen-bond acceptors (Lipinski definition) is 3. The SMILES string of the molecule is CC(C)n1ncc2c(C(=O)Nc3cccc4ccccc34)cc(C3CC3)nc21. The molecule has 1 saturated carbocycles. The van der Waals surface area contributed by atoms with Gasteiger partial charge >= 0.3 is 0 Å². The summed E-state index contributed by atoms with van der Waals surface area (Å²) in [5, 5.41) is 10.5. The number of pyridine rings is 1. The Morgan fingerprint density at radius 1 is 1.11 bits per heavy atom. The third-order valence-electron chi connectivity index (χ3n) is 5.35. The molecule has 2 aromatic carbocycles. The fraction of sp³-hybridized carbons (Fsp3) is 0.261. The first-order valence-corrected chi connectivity index (χ1v) is 9.79. The van der Waals surface area contributed by atoms with Crippen LogP contribution in [0, 0.1) is 0 Å². The summed E-state index contributed by atoms with van der Waals surface area (Å²) < 4.78 is 1.90. The Morgan fingerprint density at radius 3 is 2.68 bits per heavy atom. The average Bonchev–Trinajstić information content (AvgIpc) is 3.46. The summed E-state index contributed by atoms with van der Waals surface area (Å²) >= 11 is 0. The predicted molar refractivity (Wildman–Crippen MR) is 112 cm³/mol. The number of carbonyl (C=O) groups excluding carboxylic acids is 1. The molecule has 1 fully saturated rings. The van der Waals surface area contributed by atoms with E-state index in [4.69, 9.17) is 4.98 Å². The van der Waals surface area contributed by atoms with Gasteiger partial charge in [-0.3, -0.25) is 4.79 Å². The van der Waals surface area contributed by atoms with Gasteiger partial charge in [-0.25, -0.2) is 9.67 Å². The van der Waals surface area contributed by atoms with Crippen LogP contribution in [-0.2, 0) is 0 Å². The second-order valence-corrected chi connectivity index (χ2v) is 7.77. The first kappa shape index (κ1) is 16.9. The lowest BCUT2D eigenvalue weighted by Crippen LogP contribution is -2.14. The van der Waals surface area contributed by atoms with Crippen molar-refractivity contribution in [1.29, 1.82) is 0 Å². The summed E-state index contributed by atoms with van der Waals surface area (Å²) in [6.07, 6.45) is 4.04. The number of aromatic nitrogens is 3. The molecular weight excluding hydrogens is 348 g/mol. The molecule has 1 aliphatic carbocycles. The van der Waals surface area contributed by atoms with Crippen LogP contribution in [0.4, 0.5) is 5.69 Å². The number of nitrogens with one attached hydrogen (secondary N) is 1. The van der Waals surface area contributed by atoms with E-state index in [1.165, 1.54) is 0 Å². The largest absolute Gasteiger partial charge is 0.321 e. The first-order valence-electron chi connectivity index (χ1n) is 9.79. The van der Waals surface area contributed by atoms with Crippen LogP contribution < -0.4 is 5.32 Å². The maximum absolute atomic E-state index is 13.3. The Hall–Kier alpha value is -3.21. The summed E-state index contributed by atoms with van der Waals surface area (Å²) in [6.45, 7) is 4.15. The van der Waals surface area contributed by atoms with Gasteiger partial charge in [0.2, 0.25) is 0 Å². The Balaban J connectivity index is 1.60. The highest BCUT2D eigenvalue weighted by Gasteiger charge is 2.28. The standard InChI is InChI=1S/C23H22N4O/c1-14(2)27-22-19(13-24-27)18(12-21(25-22)16-10-11-16)23(28)26-20-9-5-7-15-6-3-4-8-17(15)20/h3-9,12-14,16H,10-11H2,1-2H3,(H,26,28). The van der Waals surface area contributed by atoms with E-state index in [9.17, 15) is 4.79 Å². The van der Waals surface area contributed by atoms with E-state index in [1.54, 1.807) is 6.20 Å². The number of nitrogens with zero attached hydrogens (tertiary/aromatic N) is 3. The number of benzene rings is 2. The van der Waals surface area contributed by atoms with Crippen molar-refractivity contribution in [3.05, 3.63) is 66.0 Å². The van der Waals surface area contributed by atoms with Crippen LogP contribution in [0.15, 0.2) is 54.7 Å². The van der Waals surface area contributed by atoms with Gasteiger partial charge in [0.25, 0.3) is 5.91 Å². The zero-order valence-corrected chi connectivity index (χ0v) is 16.0. The molecule has 1 amide bonds. The summed E-state index contributed by atoms with van der Waals surface area (Å²) in [7, 11) is 0. The number of amides is 1. The third-order valence-corrected chi connectivity index (χ3v) is 5.35. The van der Waals surface area contributed by atoms with Crippen LogP contribution in [-0.4, -0.2) is 20.7 Å². The Kier molecular flexibility index (Phi) is 3.90. The first-order chi connectivity index (χ1) is 13.6. The number of anilines is 1. The topological polar surface area (TPSA) is 59.8 Å². The smallest absolute Gasteiger partial charge is 0.256 e. The van der Waals surface area contributed by atoms with Crippen molar-refractivity contribution in [1.82, 2.24) is 14.8 Å². The maximum atomic E-state index is 13.3. The molecule has 0 atom stereocenters. The summed E-state index contributed by atoms with van der Waals surface area (Å²) in [5.74, 6) is 0.345. The van der Waals surface area contributed by atoms with Crippen LogP contribution in [0.1, 0.15) is 54.7 Å². The molecule has 28 heavy (non-hydrogen) atoms. The lowest BCUT2D eigenvalue weighted by atomic mass is 10.1. The van der Waals surface area contributed by atoms with E-state index >= 15 is 0 Å². The van der Waals surface area contributed by atoms with Gasteiger partial charge in [0, 0.05) is 28.7 Å². The van der Waals surface area contributed by atoms with Gasteiger partial charge in [-0.05, 0) is 44.2 Å². The molecule has 0 radical (unpaired) electrons. The van der Waals surface area contributed by atoms with Crippen molar-refractivity contribution < 1.29 is 4.79 Å².